The molecule has 5 rings (SSSR count). The van der Waals surface area contributed by atoms with Gasteiger partial charge in [0.05, 0.1) is 37.0 Å². The Labute approximate surface area is 195 Å². The van der Waals surface area contributed by atoms with Crippen LogP contribution in [0.4, 0.5) is 11.4 Å². The average Bonchev–Trinajstić information content (AvgIpc) is 3.32. The van der Waals surface area contributed by atoms with Gasteiger partial charge >= 0.3 is 5.97 Å². The number of methoxy groups -OCH3 is 2. The highest BCUT2D eigenvalue weighted by Crippen LogP contribution is 2.50. The number of nitro groups is 1. The Morgan fingerprint density at radius 2 is 2.00 bits per heavy atom. The van der Waals surface area contributed by atoms with Crippen molar-refractivity contribution in [3.63, 3.8) is 0 Å². The molecule has 10 heteroatoms. The molecule has 34 heavy (non-hydrogen) atoms. The first-order valence-corrected chi connectivity index (χ1v) is 11.0. The number of hydrogen-bond donors (Lipinski definition) is 1. The largest absolute Gasteiger partial charge is 0.497 e. The molecule has 3 aromatic rings. The Balaban J connectivity index is 1.58. The fourth-order valence-corrected chi connectivity index (χ4v) is 4.81. The van der Waals surface area contributed by atoms with Crippen molar-refractivity contribution in [2.75, 3.05) is 26.1 Å². The summed E-state index contributed by atoms with van der Waals surface area (Å²) in [5.41, 5.74) is 3.40. The van der Waals surface area contributed by atoms with E-state index >= 15 is 0 Å². The van der Waals surface area contributed by atoms with Gasteiger partial charge in [-0.2, -0.15) is 5.10 Å². The lowest BCUT2D eigenvalue weighted by Gasteiger charge is -2.43. The summed E-state index contributed by atoms with van der Waals surface area (Å²) in [5.74, 6) is 0.269. The number of nitrogens with zero attached hydrogens (tertiary/aromatic N) is 3. The minimum Gasteiger partial charge on any atom is -0.497 e. The number of nitrogens with one attached hydrogen (secondary N) is 1. The molecular weight excluding hydrogens is 440 g/mol. The van der Waals surface area contributed by atoms with Crippen LogP contribution in [0.2, 0.25) is 0 Å². The van der Waals surface area contributed by atoms with Gasteiger partial charge in [0, 0.05) is 47.7 Å². The van der Waals surface area contributed by atoms with Crippen LogP contribution in [0, 0.1) is 16.0 Å². The van der Waals surface area contributed by atoms with E-state index in [2.05, 4.69) is 10.4 Å². The Kier molecular flexibility index (Phi) is 5.66. The summed E-state index contributed by atoms with van der Waals surface area (Å²) < 4.78 is 18.2. The van der Waals surface area contributed by atoms with Gasteiger partial charge in [-0.15, -0.1) is 0 Å². The van der Waals surface area contributed by atoms with Gasteiger partial charge in [-0.3, -0.25) is 10.1 Å². The van der Waals surface area contributed by atoms with E-state index in [0.29, 0.717) is 17.9 Å². The van der Waals surface area contributed by atoms with Crippen LogP contribution < -0.4 is 10.1 Å². The second-order valence-electron chi connectivity index (χ2n) is 8.32. The Morgan fingerprint density at radius 3 is 2.71 bits per heavy atom. The van der Waals surface area contributed by atoms with E-state index in [1.807, 2.05) is 18.2 Å². The van der Waals surface area contributed by atoms with E-state index in [0.717, 1.165) is 29.8 Å². The summed E-state index contributed by atoms with van der Waals surface area (Å²) in [6.07, 6.45) is 3.44. The molecule has 0 aliphatic carbocycles. The molecule has 2 aliphatic heterocycles. The highest BCUT2D eigenvalue weighted by Gasteiger charge is 2.42. The normalized spacial score (nSPS) is 21.1. The average molecular weight is 464 g/mol. The molecular formula is C24H24N4O6. The van der Waals surface area contributed by atoms with E-state index in [-0.39, 0.29) is 29.4 Å². The lowest BCUT2D eigenvalue weighted by molar-refractivity contribution is -0.384. The summed E-state index contributed by atoms with van der Waals surface area (Å²) in [4.78, 5) is 23.2. The smallest absolute Gasteiger partial charge is 0.358 e. The van der Waals surface area contributed by atoms with E-state index in [9.17, 15) is 14.9 Å². The summed E-state index contributed by atoms with van der Waals surface area (Å²) in [5, 5.41) is 19.1. The summed E-state index contributed by atoms with van der Waals surface area (Å²) >= 11 is 0. The zero-order valence-corrected chi connectivity index (χ0v) is 18.8. The quantitative estimate of drug-likeness (QED) is 0.339. The Hall–Kier alpha value is -3.92. The van der Waals surface area contributed by atoms with Crippen LogP contribution in [-0.4, -0.2) is 41.5 Å². The number of anilines is 1. The van der Waals surface area contributed by atoms with Crippen molar-refractivity contribution in [3.05, 3.63) is 75.6 Å². The zero-order chi connectivity index (χ0) is 23.8. The van der Waals surface area contributed by atoms with Gasteiger partial charge in [0.25, 0.3) is 5.69 Å². The maximum absolute atomic E-state index is 12.7. The van der Waals surface area contributed by atoms with Crippen molar-refractivity contribution in [1.82, 2.24) is 9.78 Å². The molecule has 0 bridgehead atoms. The molecule has 0 unspecified atom stereocenters. The second kappa shape index (κ2) is 8.79. The fourth-order valence-electron chi connectivity index (χ4n) is 4.81. The van der Waals surface area contributed by atoms with Gasteiger partial charge in [0.2, 0.25) is 0 Å². The van der Waals surface area contributed by atoms with Crippen molar-refractivity contribution in [3.8, 4) is 11.4 Å². The van der Waals surface area contributed by atoms with Crippen LogP contribution in [0.25, 0.3) is 5.69 Å². The summed E-state index contributed by atoms with van der Waals surface area (Å²) in [6, 6.07) is 11.6. The third-order valence-electron chi connectivity index (χ3n) is 6.45. The number of rotatable bonds is 5. The van der Waals surface area contributed by atoms with Crippen molar-refractivity contribution in [2.24, 2.45) is 5.92 Å². The lowest BCUT2D eigenvalue weighted by Crippen LogP contribution is -2.36. The first-order chi connectivity index (χ1) is 16.5. The highest BCUT2D eigenvalue weighted by atomic mass is 16.6. The molecule has 3 atom stereocenters. The lowest BCUT2D eigenvalue weighted by atomic mass is 9.77. The number of fused-ring (bicyclic) bond motifs is 3. The number of nitro benzene ring substituents is 1. The monoisotopic (exact) mass is 464 g/mol. The predicted molar refractivity (Wildman–Crippen MR) is 122 cm³/mol. The third kappa shape index (κ3) is 3.75. The highest BCUT2D eigenvalue weighted by molar-refractivity contribution is 5.89. The summed E-state index contributed by atoms with van der Waals surface area (Å²) in [7, 11) is 2.95. The fraction of sp³-hybridized carbons (Fsp3) is 0.333. The molecule has 0 amide bonds. The maximum atomic E-state index is 12.7. The van der Waals surface area contributed by atoms with Crippen molar-refractivity contribution in [2.45, 2.75) is 25.0 Å². The standard InChI is InChI=1S/C24H24N4O6/c1-32-16-9-10-20-18(12-16)23-17(4-3-11-34-23)21(25-20)19-13-27(26-22(19)24(29)33-2)14-5-7-15(8-6-14)28(30)31/h5-10,12-13,17,21,23,25H,3-4,11H2,1-2H3/t17-,21-,23-/m0/s1. The van der Waals surface area contributed by atoms with Gasteiger partial charge in [0.1, 0.15) is 5.75 Å². The first-order valence-electron chi connectivity index (χ1n) is 11.0. The number of esters is 1. The number of hydrogen-bond acceptors (Lipinski definition) is 8. The number of carbonyl (C=O) groups is 1. The van der Waals surface area contributed by atoms with Crippen LogP contribution in [0.15, 0.2) is 48.7 Å². The van der Waals surface area contributed by atoms with Crippen LogP contribution >= 0.6 is 0 Å². The van der Waals surface area contributed by atoms with Crippen LogP contribution in [0.1, 0.15) is 46.6 Å². The van der Waals surface area contributed by atoms with Gasteiger partial charge in [-0.1, -0.05) is 0 Å². The third-order valence-corrected chi connectivity index (χ3v) is 6.45. The number of aromatic nitrogens is 2. The van der Waals surface area contributed by atoms with E-state index in [1.165, 1.54) is 19.2 Å². The molecule has 176 valence electrons. The predicted octanol–water partition coefficient (Wildman–Crippen LogP) is 4.21. The van der Waals surface area contributed by atoms with Gasteiger partial charge < -0.3 is 19.5 Å². The van der Waals surface area contributed by atoms with E-state index in [1.54, 1.807) is 30.1 Å². The van der Waals surface area contributed by atoms with E-state index < -0.39 is 10.9 Å². The van der Waals surface area contributed by atoms with Gasteiger partial charge in [0.15, 0.2) is 5.69 Å². The molecule has 3 heterocycles. The number of carbonyl (C=O) groups excluding carboxylic acids is 1. The molecule has 1 aromatic heterocycles. The number of ether oxygens (including phenoxy) is 3. The SMILES string of the molecule is COC(=O)c1nn(-c2ccc([N+](=O)[O-])cc2)cc1[C@H]1Nc2ccc(OC)cc2[C@H]2OCCC[C@@H]12. The minimum atomic E-state index is -0.550. The van der Waals surface area contributed by atoms with Crippen molar-refractivity contribution in [1.29, 1.82) is 0 Å². The Morgan fingerprint density at radius 1 is 1.21 bits per heavy atom. The van der Waals surface area contributed by atoms with Crippen LogP contribution in [-0.2, 0) is 9.47 Å². The topological polar surface area (TPSA) is 118 Å². The van der Waals surface area contributed by atoms with Gasteiger partial charge in [-0.05, 0) is 43.2 Å². The Bertz CT molecular complexity index is 1240. The molecule has 1 fully saturated rings. The molecule has 0 radical (unpaired) electrons. The number of non-ortho nitro benzene ring substituents is 1. The molecule has 0 spiro atoms. The molecule has 2 aliphatic rings. The molecule has 2 aromatic carbocycles. The minimum absolute atomic E-state index is 0.0208. The van der Waals surface area contributed by atoms with Gasteiger partial charge in [-0.25, -0.2) is 9.48 Å². The van der Waals surface area contributed by atoms with Crippen molar-refractivity contribution < 1.29 is 23.9 Å². The number of benzene rings is 2. The molecule has 10 nitrogen and oxygen atoms in total. The van der Waals surface area contributed by atoms with Crippen molar-refractivity contribution >= 4 is 17.3 Å². The zero-order valence-electron chi connectivity index (χ0n) is 18.8. The molecule has 1 saturated heterocycles. The second-order valence-corrected chi connectivity index (χ2v) is 8.32. The molecule has 0 saturated carbocycles. The first kappa shape index (κ1) is 21.9. The van der Waals surface area contributed by atoms with Crippen LogP contribution in [0.3, 0.4) is 0 Å². The van der Waals surface area contributed by atoms with Crippen LogP contribution in [0.5, 0.6) is 5.75 Å². The van der Waals surface area contributed by atoms with E-state index in [4.69, 9.17) is 14.2 Å². The maximum Gasteiger partial charge on any atom is 0.358 e. The molecule has 1 N–H and O–H groups in total. The summed E-state index contributed by atoms with van der Waals surface area (Å²) in [6.45, 7) is 0.663.